The van der Waals surface area contributed by atoms with Crippen LogP contribution in [0.25, 0.3) is 10.8 Å². The summed E-state index contributed by atoms with van der Waals surface area (Å²) >= 11 is 1.48. The van der Waals surface area contributed by atoms with E-state index in [1.807, 2.05) is 36.4 Å². The van der Waals surface area contributed by atoms with E-state index >= 15 is 0 Å². The molecule has 5 nitrogen and oxygen atoms in total. The lowest BCUT2D eigenvalue weighted by atomic mass is 9.72. The van der Waals surface area contributed by atoms with Crippen LogP contribution in [0.15, 0.2) is 36.4 Å². The molecule has 162 valence electrons. The van der Waals surface area contributed by atoms with Crippen LogP contribution in [-0.4, -0.2) is 18.9 Å². The predicted octanol–water partition coefficient (Wildman–Crippen LogP) is 5.41. The van der Waals surface area contributed by atoms with E-state index < -0.39 is 5.91 Å². The van der Waals surface area contributed by atoms with Gasteiger partial charge in [-0.25, -0.2) is 0 Å². The van der Waals surface area contributed by atoms with Crippen LogP contribution in [0.2, 0.25) is 0 Å². The summed E-state index contributed by atoms with van der Waals surface area (Å²) in [7, 11) is 1.55. The van der Waals surface area contributed by atoms with E-state index in [4.69, 9.17) is 10.5 Å². The molecule has 1 aliphatic rings. The molecule has 31 heavy (non-hydrogen) atoms. The largest absolute Gasteiger partial charge is 0.496 e. The zero-order chi connectivity index (χ0) is 22.3. The van der Waals surface area contributed by atoms with Gasteiger partial charge >= 0.3 is 0 Å². The highest BCUT2D eigenvalue weighted by atomic mass is 32.1. The predicted molar refractivity (Wildman–Crippen MR) is 126 cm³/mol. The second-order valence-electron chi connectivity index (χ2n) is 9.23. The van der Waals surface area contributed by atoms with Crippen molar-refractivity contribution in [2.45, 2.75) is 40.0 Å². The normalized spacial score (nSPS) is 16.1. The van der Waals surface area contributed by atoms with E-state index in [1.165, 1.54) is 11.3 Å². The summed E-state index contributed by atoms with van der Waals surface area (Å²) in [5.41, 5.74) is 7.82. The Labute approximate surface area is 186 Å². The van der Waals surface area contributed by atoms with Crippen LogP contribution < -0.4 is 15.8 Å². The van der Waals surface area contributed by atoms with Crippen molar-refractivity contribution in [3.63, 3.8) is 0 Å². The van der Waals surface area contributed by atoms with Crippen LogP contribution in [0, 0.1) is 11.3 Å². The molecule has 1 heterocycles. The zero-order valence-corrected chi connectivity index (χ0v) is 19.2. The molecule has 4 rings (SSSR count). The molecule has 1 atom stereocenters. The third-order valence-electron chi connectivity index (χ3n) is 6.28. The van der Waals surface area contributed by atoms with Gasteiger partial charge in [0.1, 0.15) is 10.8 Å². The number of thiophene rings is 1. The monoisotopic (exact) mass is 436 g/mol. The van der Waals surface area contributed by atoms with Gasteiger partial charge < -0.3 is 15.8 Å². The Morgan fingerprint density at radius 1 is 1.16 bits per heavy atom. The lowest BCUT2D eigenvalue weighted by Crippen LogP contribution is -2.27. The molecular weight excluding hydrogens is 408 g/mol. The quantitative estimate of drug-likeness (QED) is 0.574. The number of rotatable bonds is 4. The summed E-state index contributed by atoms with van der Waals surface area (Å²) < 4.78 is 5.47. The van der Waals surface area contributed by atoms with Gasteiger partial charge in [-0.3, -0.25) is 9.59 Å². The summed E-state index contributed by atoms with van der Waals surface area (Å²) in [5.74, 6) is 0.220. The maximum atomic E-state index is 13.2. The van der Waals surface area contributed by atoms with Crippen LogP contribution in [-0.2, 0) is 12.8 Å². The molecule has 0 saturated heterocycles. The third-order valence-corrected chi connectivity index (χ3v) is 7.45. The SMILES string of the molecule is COc1cc2ccccc2cc1C(=O)Nc1sc2c(c1C(N)=O)CC[C@@H](C(C)(C)C)C2. The third kappa shape index (κ3) is 4.04. The fourth-order valence-corrected chi connectivity index (χ4v) is 5.74. The summed E-state index contributed by atoms with van der Waals surface area (Å²) in [6.07, 6.45) is 2.72. The minimum atomic E-state index is -0.493. The molecule has 0 radical (unpaired) electrons. The van der Waals surface area contributed by atoms with Gasteiger partial charge in [0.15, 0.2) is 0 Å². The van der Waals surface area contributed by atoms with Gasteiger partial charge in [-0.2, -0.15) is 0 Å². The lowest BCUT2D eigenvalue weighted by Gasteiger charge is -2.33. The summed E-state index contributed by atoms with van der Waals surface area (Å²) in [6.45, 7) is 6.75. The fourth-order valence-electron chi connectivity index (χ4n) is 4.41. The average molecular weight is 437 g/mol. The van der Waals surface area contributed by atoms with Gasteiger partial charge in [-0.05, 0) is 59.1 Å². The minimum absolute atomic E-state index is 0.191. The lowest BCUT2D eigenvalue weighted by molar-refractivity contribution is 0.1000. The van der Waals surface area contributed by atoms with Crippen molar-refractivity contribution in [3.05, 3.63) is 58.0 Å². The molecule has 3 N–H and O–H groups in total. The second-order valence-corrected chi connectivity index (χ2v) is 10.3. The Hall–Kier alpha value is -2.86. The van der Waals surface area contributed by atoms with Crippen LogP contribution in [0.5, 0.6) is 5.75 Å². The number of anilines is 1. The van der Waals surface area contributed by atoms with Crippen molar-refractivity contribution in [2.75, 3.05) is 12.4 Å². The van der Waals surface area contributed by atoms with Crippen molar-refractivity contribution in [2.24, 2.45) is 17.1 Å². The van der Waals surface area contributed by atoms with Gasteiger partial charge in [-0.1, -0.05) is 45.0 Å². The number of methoxy groups -OCH3 is 1. The second kappa shape index (κ2) is 8.00. The van der Waals surface area contributed by atoms with Gasteiger partial charge in [-0.15, -0.1) is 11.3 Å². The van der Waals surface area contributed by atoms with Crippen LogP contribution in [0.3, 0.4) is 0 Å². The first-order valence-corrected chi connectivity index (χ1v) is 11.3. The number of ether oxygens (including phenoxy) is 1. The molecule has 2 aromatic carbocycles. The number of nitrogens with one attached hydrogen (secondary N) is 1. The van der Waals surface area contributed by atoms with Crippen molar-refractivity contribution in [3.8, 4) is 5.75 Å². The molecule has 1 aromatic heterocycles. The molecule has 0 bridgehead atoms. The molecule has 6 heteroatoms. The number of hydrogen-bond donors (Lipinski definition) is 2. The summed E-state index contributed by atoms with van der Waals surface area (Å²) in [4.78, 5) is 26.7. The number of carbonyl (C=O) groups excluding carboxylic acids is 2. The first-order chi connectivity index (χ1) is 14.7. The fraction of sp³-hybridized carbons (Fsp3) is 0.360. The molecule has 2 amide bonds. The standard InChI is InChI=1S/C25H28N2O3S/c1-25(2,3)16-9-10-17-20(13-16)31-24(21(17)22(26)28)27-23(29)18-11-14-7-5-6-8-15(14)12-19(18)30-4/h5-8,11-12,16H,9-10,13H2,1-4H3,(H2,26,28)(H,27,29)/t16-/m1/s1. The maximum absolute atomic E-state index is 13.2. The first-order valence-electron chi connectivity index (χ1n) is 10.5. The number of primary amides is 1. The summed E-state index contributed by atoms with van der Waals surface area (Å²) in [5, 5.41) is 5.43. The van der Waals surface area contributed by atoms with Crippen molar-refractivity contribution >= 4 is 38.9 Å². The van der Waals surface area contributed by atoms with E-state index in [1.54, 1.807) is 7.11 Å². The number of fused-ring (bicyclic) bond motifs is 2. The molecule has 0 fully saturated rings. The number of carbonyl (C=O) groups is 2. The molecule has 3 aromatic rings. The first kappa shape index (κ1) is 21.4. The van der Waals surface area contributed by atoms with Gasteiger partial charge in [0, 0.05) is 4.88 Å². The zero-order valence-electron chi connectivity index (χ0n) is 18.4. The number of nitrogens with two attached hydrogens (primary N) is 1. The highest BCUT2D eigenvalue weighted by Gasteiger charge is 2.33. The van der Waals surface area contributed by atoms with E-state index in [2.05, 4.69) is 26.1 Å². The number of hydrogen-bond acceptors (Lipinski definition) is 4. The van der Waals surface area contributed by atoms with Crippen LogP contribution >= 0.6 is 11.3 Å². The van der Waals surface area contributed by atoms with Crippen molar-refractivity contribution in [1.29, 1.82) is 0 Å². The smallest absolute Gasteiger partial charge is 0.260 e. The van der Waals surface area contributed by atoms with E-state index in [0.717, 1.165) is 40.5 Å². The highest BCUT2D eigenvalue weighted by Crippen LogP contribution is 2.44. The molecule has 1 aliphatic carbocycles. The Morgan fingerprint density at radius 3 is 2.45 bits per heavy atom. The number of benzene rings is 2. The summed E-state index contributed by atoms with van der Waals surface area (Å²) in [6, 6.07) is 11.5. The topological polar surface area (TPSA) is 81.4 Å². The molecule has 0 spiro atoms. The Morgan fingerprint density at radius 2 is 1.84 bits per heavy atom. The highest BCUT2D eigenvalue weighted by molar-refractivity contribution is 7.17. The Balaban J connectivity index is 1.70. The maximum Gasteiger partial charge on any atom is 0.260 e. The Bertz CT molecular complexity index is 1170. The molecule has 0 aliphatic heterocycles. The van der Waals surface area contributed by atoms with Crippen molar-refractivity contribution in [1.82, 2.24) is 0 Å². The average Bonchev–Trinajstić information content (AvgIpc) is 3.09. The van der Waals surface area contributed by atoms with Gasteiger partial charge in [0.05, 0.1) is 18.2 Å². The molecule has 0 saturated carbocycles. The van der Waals surface area contributed by atoms with E-state index in [0.29, 0.717) is 27.8 Å². The van der Waals surface area contributed by atoms with Gasteiger partial charge in [0.25, 0.3) is 11.8 Å². The van der Waals surface area contributed by atoms with E-state index in [9.17, 15) is 9.59 Å². The molecular formula is C25H28N2O3S. The van der Waals surface area contributed by atoms with Crippen molar-refractivity contribution < 1.29 is 14.3 Å². The number of amides is 2. The van der Waals surface area contributed by atoms with E-state index in [-0.39, 0.29) is 11.3 Å². The van der Waals surface area contributed by atoms with Crippen LogP contribution in [0.1, 0.15) is 58.3 Å². The van der Waals surface area contributed by atoms with Crippen LogP contribution in [0.4, 0.5) is 5.00 Å². The molecule has 0 unspecified atom stereocenters. The van der Waals surface area contributed by atoms with Gasteiger partial charge in [0.2, 0.25) is 0 Å². The minimum Gasteiger partial charge on any atom is -0.496 e. The Kier molecular flexibility index (Phi) is 5.52.